The molecule has 0 aromatic carbocycles. The zero-order chi connectivity index (χ0) is 13.0. The molecular weight excluding hydrogens is 246 g/mol. The number of hydrogen-bond acceptors (Lipinski definition) is 2. The normalized spacial score (nSPS) is 19.4. The molecule has 1 atom stereocenters. The number of allylic oxidation sites excluding steroid dienone is 1. The Kier molecular flexibility index (Phi) is 4.84. The van der Waals surface area contributed by atoms with E-state index in [0.717, 1.165) is 42.3 Å². The summed E-state index contributed by atoms with van der Waals surface area (Å²) < 4.78 is 2.02. The van der Waals surface area contributed by atoms with Gasteiger partial charge in [-0.15, -0.1) is 0 Å². The molecular formula is C14H22ClN3. The van der Waals surface area contributed by atoms with Gasteiger partial charge >= 0.3 is 0 Å². The number of nitrogens with zero attached hydrogens (tertiary/aromatic N) is 2. The Morgan fingerprint density at radius 2 is 2.28 bits per heavy atom. The van der Waals surface area contributed by atoms with E-state index in [1.807, 2.05) is 4.68 Å². The quantitative estimate of drug-likeness (QED) is 0.830. The minimum atomic E-state index is 0.580. The predicted octanol–water partition coefficient (Wildman–Crippen LogP) is 3.32. The van der Waals surface area contributed by atoms with Crippen LogP contribution in [0.15, 0.2) is 12.2 Å². The maximum absolute atomic E-state index is 6.39. The first-order valence-electron chi connectivity index (χ1n) is 6.88. The van der Waals surface area contributed by atoms with E-state index in [1.165, 1.54) is 12.8 Å². The van der Waals surface area contributed by atoms with Crippen LogP contribution in [-0.4, -0.2) is 15.8 Å². The molecule has 4 heteroatoms. The molecule has 0 radical (unpaired) electrons. The van der Waals surface area contributed by atoms with Gasteiger partial charge in [0.05, 0.1) is 16.4 Å². The minimum Gasteiger partial charge on any atom is -0.308 e. The lowest BCUT2D eigenvalue weighted by atomic mass is 10.0. The van der Waals surface area contributed by atoms with Crippen molar-refractivity contribution in [1.82, 2.24) is 15.1 Å². The third-order valence-corrected chi connectivity index (χ3v) is 3.96. The molecule has 3 nitrogen and oxygen atoms in total. The SMILES string of the molecule is CCc1nn(CC)c(CNC2CC=CCC2)c1Cl. The van der Waals surface area contributed by atoms with Crippen LogP contribution in [0.5, 0.6) is 0 Å². The minimum absolute atomic E-state index is 0.580. The van der Waals surface area contributed by atoms with Crippen LogP contribution in [0.2, 0.25) is 5.02 Å². The highest BCUT2D eigenvalue weighted by molar-refractivity contribution is 6.31. The van der Waals surface area contributed by atoms with E-state index >= 15 is 0 Å². The van der Waals surface area contributed by atoms with Crippen molar-refractivity contribution < 1.29 is 0 Å². The highest BCUT2D eigenvalue weighted by atomic mass is 35.5. The van der Waals surface area contributed by atoms with Crippen LogP contribution in [0.4, 0.5) is 0 Å². The monoisotopic (exact) mass is 267 g/mol. The Hall–Kier alpha value is -0.800. The second-order valence-electron chi connectivity index (χ2n) is 4.74. The van der Waals surface area contributed by atoms with Gasteiger partial charge in [-0.2, -0.15) is 5.10 Å². The average Bonchev–Trinajstić information content (AvgIpc) is 2.73. The Bertz CT molecular complexity index is 423. The lowest BCUT2D eigenvalue weighted by molar-refractivity contribution is 0.459. The summed E-state index contributed by atoms with van der Waals surface area (Å²) in [6.07, 6.45) is 8.94. The van der Waals surface area contributed by atoms with Crippen LogP contribution >= 0.6 is 11.6 Å². The van der Waals surface area contributed by atoms with Crippen molar-refractivity contribution >= 4 is 11.6 Å². The van der Waals surface area contributed by atoms with Gasteiger partial charge in [-0.05, 0) is 32.6 Å². The van der Waals surface area contributed by atoms with E-state index in [-0.39, 0.29) is 0 Å². The molecule has 0 amide bonds. The first kappa shape index (κ1) is 13.6. The zero-order valence-corrected chi connectivity index (χ0v) is 12.0. The summed E-state index contributed by atoms with van der Waals surface area (Å²) in [5.74, 6) is 0. The number of halogens is 1. The number of rotatable bonds is 5. The van der Waals surface area contributed by atoms with E-state index < -0.39 is 0 Å². The molecule has 0 saturated carbocycles. The van der Waals surface area contributed by atoms with E-state index in [2.05, 4.69) is 36.4 Å². The molecule has 1 heterocycles. The van der Waals surface area contributed by atoms with Crippen molar-refractivity contribution in [2.75, 3.05) is 0 Å². The molecule has 0 aliphatic heterocycles. The second kappa shape index (κ2) is 6.39. The highest BCUT2D eigenvalue weighted by Crippen LogP contribution is 2.22. The maximum atomic E-state index is 6.39. The van der Waals surface area contributed by atoms with Crippen molar-refractivity contribution in [3.05, 3.63) is 28.6 Å². The van der Waals surface area contributed by atoms with Gasteiger partial charge in [0.2, 0.25) is 0 Å². The first-order chi connectivity index (χ1) is 8.76. The molecule has 1 aliphatic rings. The summed E-state index contributed by atoms with van der Waals surface area (Å²) in [4.78, 5) is 0. The van der Waals surface area contributed by atoms with Crippen molar-refractivity contribution in [2.24, 2.45) is 0 Å². The molecule has 1 unspecified atom stereocenters. The second-order valence-corrected chi connectivity index (χ2v) is 5.12. The fourth-order valence-corrected chi connectivity index (χ4v) is 2.74. The summed E-state index contributed by atoms with van der Waals surface area (Å²) >= 11 is 6.39. The largest absolute Gasteiger partial charge is 0.308 e. The Morgan fingerprint density at radius 3 is 2.89 bits per heavy atom. The van der Waals surface area contributed by atoms with Gasteiger partial charge in [-0.25, -0.2) is 0 Å². The van der Waals surface area contributed by atoms with Gasteiger partial charge in [0.1, 0.15) is 0 Å². The van der Waals surface area contributed by atoms with Gasteiger partial charge in [-0.1, -0.05) is 30.7 Å². The van der Waals surface area contributed by atoms with Crippen LogP contribution < -0.4 is 5.32 Å². The van der Waals surface area contributed by atoms with E-state index in [1.54, 1.807) is 0 Å². The van der Waals surface area contributed by atoms with E-state index in [4.69, 9.17) is 11.6 Å². The third-order valence-electron chi connectivity index (χ3n) is 3.52. The number of nitrogens with one attached hydrogen (secondary N) is 1. The molecule has 2 rings (SSSR count). The zero-order valence-electron chi connectivity index (χ0n) is 11.2. The Labute approximate surface area is 114 Å². The lowest BCUT2D eigenvalue weighted by Crippen LogP contribution is -2.30. The fourth-order valence-electron chi connectivity index (χ4n) is 2.41. The molecule has 1 aromatic heterocycles. The van der Waals surface area contributed by atoms with Crippen LogP contribution in [0, 0.1) is 0 Å². The molecule has 0 fully saturated rings. The predicted molar refractivity (Wildman–Crippen MR) is 75.9 cm³/mol. The van der Waals surface area contributed by atoms with Gasteiger partial charge in [0.25, 0.3) is 0 Å². The van der Waals surface area contributed by atoms with Gasteiger partial charge < -0.3 is 5.32 Å². The van der Waals surface area contributed by atoms with Crippen molar-refractivity contribution in [3.63, 3.8) is 0 Å². The lowest BCUT2D eigenvalue weighted by Gasteiger charge is -2.19. The number of aromatic nitrogens is 2. The number of aryl methyl sites for hydroxylation is 2. The topological polar surface area (TPSA) is 29.9 Å². The number of hydrogen-bond donors (Lipinski definition) is 1. The molecule has 0 spiro atoms. The summed E-state index contributed by atoms with van der Waals surface area (Å²) in [7, 11) is 0. The Balaban J connectivity index is 2.03. The molecule has 1 aromatic rings. The molecule has 1 N–H and O–H groups in total. The summed E-state index contributed by atoms with van der Waals surface area (Å²) in [6.45, 7) is 5.90. The van der Waals surface area contributed by atoms with Crippen LogP contribution in [0.25, 0.3) is 0 Å². The van der Waals surface area contributed by atoms with E-state index in [0.29, 0.717) is 6.04 Å². The maximum Gasteiger partial charge on any atom is 0.0863 e. The van der Waals surface area contributed by atoms with E-state index in [9.17, 15) is 0 Å². The standard InChI is InChI=1S/C14H22ClN3/c1-3-12-14(15)13(18(4-2)17-12)10-16-11-8-6-5-7-9-11/h5-6,11,16H,3-4,7-10H2,1-2H3. The highest BCUT2D eigenvalue weighted by Gasteiger charge is 2.16. The van der Waals surface area contributed by atoms with Crippen LogP contribution in [-0.2, 0) is 19.5 Å². The Morgan fingerprint density at radius 1 is 1.44 bits per heavy atom. The third kappa shape index (κ3) is 2.96. The molecule has 0 bridgehead atoms. The van der Waals surface area contributed by atoms with Crippen LogP contribution in [0.3, 0.4) is 0 Å². The summed E-state index contributed by atoms with van der Waals surface area (Å²) in [6, 6.07) is 0.580. The fraction of sp³-hybridized carbons (Fsp3) is 0.643. The van der Waals surface area contributed by atoms with Gasteiger partial charge in [0.15, 0.2) is 0 Å². The molecule has 18 heavy (non-hydrogen) atoms. The summed E-state index contributed by atoms with van der Waals surface area (Å²) in [5.41, 5.74) is 2.14. The van der Waals surface area contributed by atoms with Crippen molar-refractivity contribution in [3.8, 4) is 0 Å². The van der Waals surface area contributed by atoms with Crippen LogP contribution in [0.1, 0.15) is 44.5 Å². The van der Waals surface area contributed by atoms with Crippen molar-refractivity contribution in [1.29, 1.82) is 0 Å². The average molecular weight is 268 g/mol. The first-order valence-corrected chi connectivity index (χ1v) is 7.26. The smallest absolute Gasteiger partial charge is 0.0863 e. The molecule has 1 aliphatic carbocycles. The van der Waals surface area contributed by atoms with Gasteiger partial charge in [0, 0.05) is 19.1 Å². The van der Waals surface area contributed by atoms with Gasteiger partial charge in [-0.3, -0.25) is 4.68 Å². The molecule has 0 saturated heterocycles. The molecule has 100 valence electrons. The van der Waals surface area contributed by atoms with Crippen molar-refractivity contribution in [2.45, 2.75) is 58.7 Å². The summed E-state index contributed by atoms with van der Waals surface area (Å²) in [5, 5.41) is 8.98.